The third-order valence-corrected chi connectivity index (χ3v) is 4.63. The average Bonchev–Trinajstić information content (AvgIpc) is 2.42. The number of rotatable bonds is 1. The number of hydrogen-bond acceptors (Lipinski definition) is 3. The molecule has 1 aromatic rings. The highest BCUT2D eigenvalue weighted by Crippen LogP contribution is 2.50. The summed E-state index contributed by atoms with van der Waals surface area (Å²) in [6, 6.07) is 6.44. The van der Waals surface area contributed by atoms with Crippen molar-refractivity contribution in [2.24, 2.45) is 5.73 Å². The van der Waals surface area contributed by atoms with Gasteiger partial charge in [-0.3, -0.25) is 0 Å². The van der Waals surface area contributed by atoms with E-state index in [9.17, 15) is 0 Å². The molecule has 3 nitrogen and oxygen atoms in total. The largest absolute Gasteiger partial charge is 0.493 e. The van der Waals surface area contributed by atoms with E-state index in [4.69, 9.17) is 15.2 Å². The molecule has 98 valence electrons. The van der Waals surface area contributed by atoms with Crippen LogP contribution in [0.15, 0.2) is 18.2 Å². The van der Waals surface area contributed by atoms with E-state index in [-0.39, 0.29) is 11.5 Å². The highest BCUT2D eigenvalue weighted by atomic mass is 16.5. The van der Waals surface area contributed by atoms with Crippen LogP contribution in [0, 0.1) is 0 Å². The molecule has 1 fully saturated rings. The summed E-state index contributed by atoms with van der Waals surface area (Å²) in [6.07, 6.45) is 5.86. The van der Waals surface area contributed by atoms with E-state index in [1.54, 1.807) is 7.11 Å². The molecule has 0 bridgehead atoms. The minimum absolute atomic E-state index is 0.111. The van der Waals surface area contributed by atoms with Crippen LogP contribution in [-0.4, -0.2) is 19.8 Å². The van der Waals surface area contributed by atoms with Crippen molar-refractivity contribution in [2.75, 3.05) is 13.7 Å². The molecule has 18 heavy (non-hydrogen) atoms. The Morgan fingerprint density at radius 1 is 1.33 bits per heavy atom. The zero-order chi connectivity index (χ0) is 12.6. The first kappa shape index (κ1) is 11.8. The molecule has 1 heterocycles. The highest BCUT2D eigenvalue weighted by Gasteiger charge is 2.44. The van der Waals surface area contributed by atoms with Crippen molar-refractivity contribution >= 4 is 0 Å². The molecule has 0 saturated heterocycles. The topological polar surface area (TPSA) is 44.5 Å². The number of fused-ring (bicyclic) bond motifs is 2. The van der Waals surface area contributed by atoms with Gasteiger partial charge in [0, 0.05) is 17.0 Å². The molecule has 1 spiro atoms. The first-order valence-corrected chi connectivity index (χ1v) is 6.84. The fourth-order valence-electron chi connectivity index (χ4n) is 3.60. The lowest BCUT2D eigenvalue weighted by Crippen LogP contribution is -2.50. The van der Waals surface area contributed by atoms with Crippen LogP contribution in [0.3, 0.4) is 0 Å². The van der Waals surface area contributed by atoms with E-state index in [2.05, 4.69) is 12.1 Å². The average molecular weight is 247 g/mol. The van der Waals surface area contributed by atoms with Crippen molar-refractivity contribution in [3.8, 4) is 11.5 Å². The fraction of sp³-hybridized carbons (Fsp3) is 0.600. The third-order valence-electron chi connectivity index (χ3n) is 4.63. The summed E-state index contributed by atoms with van der Waals surface area (Å²) in [5.41, 5.74) is 7.83. The Morgan fingerprint density at radius 3 is 3.00 bits per heavy atom. The van der Waals surface area contributed by atoms with Gasteiger partial charge in [-0.2, -0.15) is 0 Å². The van der Waals surface area contributed by atoms with Crippen LogP contribution in [0.1, 0.15) is 37.7 Å². The third kappa shape index (κ3) is 1.61. The molecular formula is C15H21NO2. The first-order chi connectivity index (χ1) is 8.78. The Balaban J connectivity index is 2.11. The molecule has 0 aromatic heterocycles. The Kier molecular flexibility index (Phi) is 2.94. The van der Waals surface area contributed by atoms with Crippen LogP contribution >= 0.6 is 0 Å². The van der Waals surface area contributed by atoms with Gasteiger partial charge in [-0.05, 0) is 25.3 Å². The minimum atomic E-state index is 0.111. The Hall–Kier alpha value is -1.22. The molecule has 3 rings (SSSR count). The van der Waals surface area contributed by atoms with E-state index in [1.165, 1.54) is 24.8 Å². The number of methoxy groups -OCH3 is 1. The summed E-state index contributed by atoms with van der Waals surface area (Å²) >= 11 is 0. The summed E-state index contributed by atoms with van der Waals surface area (Å²) in [5.74, 6) is 1.76. The number of nitrogens with two attached hydrogens (primary N) is 1. The summed E-state index contributed by atoms with van der Waals surface area (Å²) in [5, 5.41) is 0. The summed E-state index contributed by atoms with van der Waals surface area (Å²) in [7, 11) is 1.70. The van der Waals surface area contributed by atoms with Gasteiger partial charge < -0.3 is 15.2 Å². The molecule has 2 N–H and O–H groups in total. The van der Waals surface area contributed by atoms with E-state index in [0.29, 0.717) is 0 Å². The molecule has 1 saturated carbocycles. The standard InChI is InChI=1S/C15H21NO2/c1-17-12-6-4-5-11-14(12)18-10-9-15(11)8-3-2-7-13(15)16/h4-6,13H,2-3,7-10,16H2,1H3/t13-,15-/m0/s1. The minimum Gasteiger partial charge on any atom is -0.493 e. The highest BCUT2D eigenvalue weighted by molar-refractivity contribution is 5.52. The molecule has 1 aliphatic carbocycles. The molecule has 2 atom stereocenters. The Bertz CT molecular complexity index is 446. The molecule has 1 aliphatic heterocycles. The van der Waals surface area contributed by atoms with Gasteiger partial charge in [0.25, 0.3) is 0 Å². The number of benzene rings is 1. The second kappa shape index (κ2) is 4.47. The molecular weight excluding hydrogens is 226 g/mol. The summed E-state index contributed by atoms with van der Waals surface area (Å²) in [4.78, 5) is 0. The van der Waals surface area contributed by atoms with E-state index < -0.39 is 0 Å². The Labute approximate surface area is 108 Å². The first-order valence-electron chi connectivity index (χ1n) is 6.84. The molecule has 0 unspecified atom stereocenters. The number of ether oxygens (including phenoxy) is 2. The van der Waals surface area contributed by atoms with Crippen LogP contribution in [0.25, 0.3) is 0 Å². The molecule has 0 radical (unpaired) electrons. The van der Waals surface area contributed by atoms with Crippen LogP contribution in [0.4, 0.5) is 0 Å². The van der Waals surface area contributed by atoms with Gasteiger partial charge in [-0.1, -0.05) is 25.0 Å². The predicted molar refractivity (Wildman–Crippen MR) is 71.2 cm³/mol. The summed E-state index contributed by atoms with van der Waals surface area (Å²) in [6.45, 7) is 0.751. The van der Waals surface area contributed by atoms with Crippen LogP contribution < -0.4 is 15.2 Å². The van der Waals surface area contributed by atoms with Crippen LogP contribution in [0.2, 0.25) is 0 Å². The van der Waals surface area contributed by atoms with Crippen molar-refractivity contribution in [3.05, 3.63) is 23.8 Å². The molecule has 0 amide bonds. The van der Waals surface area contributed by atoms with Gasteiger partial charge in [-0.15, -0.1) is 0 Å². The smallest absolute Gasteiger partial charge is 0.164 e. The van der Waals surface area contributed by atoms with Gasteiger partial charge in [0.15, 0.2) is 11.5 Å². The lowest BCUT2D eigenvalue weighted by atomic mass is 9.63. The van der Waals surface area contributed by atoms with Gasteiger partial charge in [-0.25, -0.2) is 0 Å². The van der Waals surface area contributed by atoms with Gasteiger partial charge in [0.1, 0.15) is 0 Å². The predicted octanol–water partition coefficient (Wildman–Crippen LogP) is 2.62. The van der Waals surface area contributed by atoms with Crippen molar-refractivity contribution in [3.63, 3.8) is 0 Å². The van der Waals surface area contributed by atoms with Crippen molar-refractivity contribution in [1.29, 1.82) is 0 Å². The lowest BCUT2D eigenvalue weighted by molar-refractivity contribution is 0.149. The van der Waals surface area contributed by atoms with Gasteiger partial charge in [0.05, 0.1) is 13.7 Å². The number of hydrogen-bond donors (Lipinski definition) is 1. The SMILES string of the molecule is COc1cccc2c1OCC[C@@]21CCCC[C@@H]1N. The van der Waals surface area contributed by atoms with E-state index in [0.717, 1.165) is 30.9 Å². The maximum absolute atomic E-state index is 6.45. The second-order valence-corrected chi connectivity index (χ2v) is 5.44. The molecule has 3 heteroatoms. The monoisotopic (exact) mass is 247 g/mol. The maximum atomic E-state index is 6.45. The summed E-state index contributed by atoms with van der Waals surface area (Å²) < 4.78 is 11.3. The van der Waals surface area contributed by atoms with E-state index in [1.807, 2.05) is 6.07 Å². The van der Waals surface area contributed by atoms with E-state index >= 15 is 0 Å². The normalized spacial score (nSPS) is 30.7. The zero-order valence-corrected chi connectivity index (χ0v) is 10.9. The lowest BCUT2D eigenvalue weighted by Gasteiger charge is -2.46. The van der Waals surface area contributed by atoms with Crippen LogP contribution in [0.5, 0.6) is 11.5 Å². The van der Waals surface area contributed by atoms with Gasteiger partial charge in [0.2, 0.25) is 0 Å². The second-order valence-electron chi connectivity index (χ2n) is 5.44. The number of para-hydroxylation sites is 1. The van der Waals surface area contributed by atoms with Crippen molar-refractivity contribution in [2.45, 2.75) is 43.6 Å². The molecule has 1 aromatic carbocycles. The van der Waals surface area contributed by atoms with Crippen molar-refractivity contribution < 1.29 is 9.47 Å². The van der Waals surface area contributed by atoms with Crippen molar-refractivity contribution in [1.82, 2.24) is 0 Å². The zero-order valence-electron chi connectivity index (χ0n) is 10.9. The fourth-order valence-corrected chi connectivity index (χ4v) is 3.60. The van der Waals surface area contributed by atoms with Crippen LogP contribution in [-0.2, 0) is 5.41 Å². The molecule has 2 aliphatic rings. The van der Waals surface area contributed by atoms with Gasteiger partial charge >= 0.3 is 0 Å². The quantitative estimate of drug-likeness (QED) is 0.829. The maximum Gasteiger partial charge on any atom is 0.164 e. The Morgan fingerprint density at radius 2 is 2.22 bits per heavy atom.